The Balaban J connectivity index is 3.43. The highest BCUT2D eigenvalue weighted by Crippen LogP contribution is 2.26. The number of aromatic nitrogens is 1. The summed E-state index contributed by atoms with van der Waals surface area (Å²) in [6.07, 6.45) is -2.38. The number of alkyl halides is 2. The largest absolute Gasteiger partial charge is 0.296 e. The van der Waals surface area contributed by atoms with Crippen LogP contribution < -0.4 is 0 Å². The first-order valence-corrected chi connectivity index (χ1v) is 4.52. The molecule has 0 bridgehead atoms. The summed E-state index contributed by atoms with van der Waals surface area (Å²) < 4.78 is 24.9. The lowest BCUT2D eigenvalue weighted by atomic mass is 10.2. The van der Waals surface area contributed by atoms with Crippen LogP contribution in [0.2, 0.25) is 0 Å². The number of carbonyl (C=O) groups is 1. The average molecular weight is 308 g/mol. The summed E-state index contributed by atoms with van der Waals surface area (Å²) in [5, 5.41) is 8.57. The van der Waals surface area contributed by atoms with Crippen molar-refractivity contribution in [1.82, 2.24) is 4.98 Å². The first kappa shape index (κ1) is 11.0. The number of nitriles is 1. The maximum Gasteiger partial charge on any atom is 0.265 e. The Morgan fingerprint density at radius 2 is 2.29 bits per heavy atom. The highest BCUT2D eigenvalue weighted by molar-refractivity contribution is 14.1. The van der Waals surface area contributed by atoms with Gasteiger partial charge in [0.1, 0.15) is 11.8 Å². The minimum Gasteiger partial charge on any atom is -0.296 e. The van der Waals surface area contributed by atoms with Gasteiger partial charge >= 0.3 is 0 Å². The van der Waals surface area contributed by atoms with Crippen molar-refractivity contribution in [2.45, 2.75) is 6.43 Å². The second kappa shape index (κ2) is 4.41. The van der Waals surface area contributed by atoms with Gasteiger partial charge in [-0.3, -0.25) is 4.79 Å². The Kier molecular flexibility index (Phi) is 3.46. The molecular weight excluding hydrogens is 305 g/mol. The van der Waals surface area contributed by atoms with Gasteiger partial charge in [-0.25, -0.2) is 13.8 Å². The molecule has 0 fully saturated rings. The first-order valence-electron chi connectivity index (χ1n) is 3.44. The quantitative estimate of drug-likeness (QED) is 0.622. The van der Waals surface area contributed by atoms with E-state index < -0.39 is 6.43 Å². The predicted molar refractivity (Wildman–Crippen MR) is 52.0 cm³/mol. The van der Waals surface area contributed by atoms with Gasteiger partial charge in [0.15, 0.2) is 12.0 Å². The molecule has 3 nitrogen and oxygen atoms in total. The smallest absolute Gasteiger partial charge is 0.265 e. The Hall–Kier alpha value is -1.10. The van der Waals surface area contributed by atoms with Crippen LogP contribution in [0.25, 0.3) is 0 Å². The van der Waals surface area contributed by atoms with Gasteiger partial charge in [-0.05, 0) is 28.7 Å². The van der Waals surface area contributed by atoms with Crippen molar-refractivity contribution in [3.8, 4) is 6.07 Å². The van der Waals surface area contributed by atoms with Crippen LogP contribution in [0.3, 0.4) is 0 Å². The van der Waals surface area contributed by atoms with Crippen LogP contribution in [0.5, 0.6) is 0 Å². The Morgan fingerprint density at radius 3 is 2.71 bits per heavy atom. The maximum absolute atomic E-state index is 12.4. The van der Waals surface area contributed by atoms with Crippen LogP contribution in [-0.2, 0) is 0 Å². The van der Waals surface area contributed by atoms with Crippen molar-refractivity contribution >= 4 is 28.9 Å². The molecular formula is C8H3F2IN2O. The molecule has 0 amide bonds. The van der Waals surface area contributed by atoms with E-state index in [-0.39, 0.29) is 20.5 Å². The molecule has 0 radical (unpaired) electrons. The molecule has 14 heavy (non-hydrogen) atoms. The topological polar surface area (TPSA) is 53.8 Å². The third-order valence-corrected chi connectivity index (χ3v) is 2.60. The fourth-order valence-corrected chi connectivity index (χ4v) is 1.50. The predicted octanol–water partition coefficient (Wildman–Crippen LogP) is 2.31. The number of hydrogen-bond donors (Lipinski definition) is 0. The molecule has 0 aliphatic heterocycles. The molecule has 1 heterocycles. The zero-order valence-corrected chi connectivity index (χ0v) is 8.83. The Bertz CT molecular complexity index is 415. The zero-order chi connectivity index (χ0) is 10.7. The van der Waals surface area contributed by atoms with Crippen molar-refractivity contribution < 1.29 is 13.6 Å². The van der Waals surface area contributed by atoms with Gasteiger partial charge in [-0.1, -0.05) is 0 Å². The molecule has 6 heteroatoms. The van der Waals surface area contributed by atoms with E-state index in [1.165, 1.54) is 0 Å². The third kappa shape index (κ3) is 2.04. The molecule has 0 saturated carbocycles. The Morgan fingerprint density at radius 1 is 1.64 bits per heavy atom. The molecule has 0 aliphatic rings. The first-order chi connectivity index (χ1) is 6.60. The van der Waals surface area contributed by atoms with E-state index in [0.717, 1.165) is 6.07 Å². The fraction of sp³-hybridized carbons (Fsp3) is 0.125. The van der Waals surface area contributed by atoms with E-state index >= 15 is 0 Å². The van der Waals surface area contributed by atoms with Crippen molar-refractivity contribution in [3.63, 3.8) is 0 Å². The second-order valence-corrected chi connectivity index (χ2v) is 3.41. The number of rotatable bonds is 2. The number of nitrogens with zero attached hydrogens (tertiary/aromatic N) is 2. The number of aldehydes is 1. The fourth-order valence-electron chi connectivity index (χ4n) is 0.863. The van der Waals surface area contributed by atoms with E-state index in [1.54, 1.807) is 28.7 Å². The summed E-state index contributed by atoms with van der Waals surface area (Å²) in [7, 11) is 0. The summed E-state index contributed by atoms with van der Waals surface area (Å²) in [6, 6.07) is 2.64. The van der Waals surface area contributed by atoms with Crippen molar-refractivity contribution in [2.75, 3.05) is 0 Å². The lowest BCUT2D eigenvalue weighted by molar-refractivity contribution is 0.111. The molecule has 1 rings (SSSR count). The van der Waals surface area contributed by atoms with Crippen LogP contribution in [-0.4, -0.2) is 11.3 Å². The number of hydrogen-bond acceptors (Lipinski definition) is 3. The summed E-state index contributed by atoms with van der Waals surface area (Å²) in [4.78, 5) is 13.9. The van der Waals surface area contributed by atoms with Crippen molar-refractivity contribution in [3.05, 3.63) is 26.6 Å². The minimum absolute atomic E-state index is 0.0886. The van der Waals surface area contributed by atoms with E-state index in [1.807, 2.05) is 0 Å². The summed E-state index contributed by atoms with van der Waals surface area (Å²) in [5.41, 5.74) is -0.637. The summed E-state index contributed by atoms with van der Waals surface area (Å²) in [6.45, 7) is 0. The standard InChI is InChI=1S/C8H3F2IN2O/c9-8(10)5-1-4(3-14)13-6(2-12)7(5)11/h1,3,8H. The van der Waals surface area contributed by atoms with Crippen molar-refractivity contribution in [1.29, 1.82) is 5.26 Å². The molecule has 0 N–H and O–H groups in total. The SMILES string of the molecule is N#Cc1nc(C=O)cc(C(F)F)c1I. The Labute approximate surface area is 91.9 Å². The summed E-state index contributed by atoms with van der Waals surface area (Å²) in [5.74, 6) is 0. The number of carbonyl (C=O) groups excluding carboxylic acids is 1. The van der Waals surface area contributed by atoms with Gasteiger partial charge in [0.2, 0.25) is 0 Å². The molecule has 0 aliphatic carbocycles. The van der Waals surface area contributed by atoms with Crippen LogP contribution in [0.1, 0.15) is 28.2 Å². The van der Waals surface area contributed by atoms with Crippen LogP contribution in [0.15, 0.2) is 6.07 Å². The monoisotopic (exact) mass is 308 g/mol. The highest BCUT2D eigenvalue weighted by atomic mass is 127. The molecule has 0 aromatic carbocycles. The summed E-state index contributed by atoms with van der Waals surface area (Å²) >= 11 is 1.61. The van der Waals surface area contributed by atoms with E-state index in [0.29, 0.717) is 6.29 Å². The van der Waals surface area contributed by atoms with Gasteiger partial charge in [0, 0.05) is 5.56 Å². The molecule has 0 spiro atoms. The third-order valence-electron chi connectivity index (χ3n) is 1.47. The maximum atomic E-state index is 12.4. The van der Waals surface area contributed by atoms with Gasteiger partial charge in [-0.2, -0.15) is 5.26 Å². The average Bonchev–Trinajstić information content (AvgIpc) is 2.17. The molecule has 0 atom stereocenters. The van der Waals surface area contributed by atoms with Crippen molar-refractivity contribution in [2.24, 2.45) is 0 Å². The molecule has 72 valence electrons. The van der Waals surface area contributed by atoms with E-state index in [9.17, 15) is 13.6 Å². The molecule has 0 unspecified atom stereocenters. The second-order valence-electron chi connectivity index (χ2n) is 2.33. The van der Waals surface area contributed by atoms with Gasteiger partial charge in [0.25, 0.3) is 6.43 Å². The lowest BCUT2D eigenvalue weighted by Gasteiger charge is -2.04. The molecule has 1 aromatic rings. The van der Waals surface area contributed by atoms with Gasteiger partial charge in [0.05, 0.1) is 3.57 Å². The minimum atomic E-state index is -2.71. The van der Waals surface area contributed by atoms with Crippen LogP contribution in [0, 0.1) is 14.9 Å². The van der Waals surface area contributed by atoms with E-state index in [4.69, 9.17) is 5.26 Å². The normalized spacial score (nSPS) is 9.93. The number of pyridine rings is 1. The van der Waals surface area contributed by atoms with Gasteiger partial charge in [-0.15, -0.1) is 0 Å². The molecule has 0 saturated heterocycles. The van der Waals surface area contributed by atoms with Crippen LogP contribution >= 0.6 is 22.6 Å². The van der Waals surface area contributed by atoms with Gasteiger partial charge < -0.3 is 0 Å². The number of halogens is 3. The molecule has 1 aromatic heterocycles. The van der Waals surface area contributed by atoms with Crippen LogP contribution in [0.4, 0.5) is 8.78 Å². The zero-order valence-electron chi connectivity index (χ0n) is 6.67. The lowest BCUT2D eigenvalue weighted by Crippen LogP contribution is -2.00. The van der Waals surface area contributed by atoms with E-state index in [2.05, 4.69) is 4.98 Å². The highest BCUT2D eigenvalue weighted by Gasteiger charge is 2.17.